The number of hydrogen-bond acceptors (Lipinski definition) is 7. The number of amides is 3. The summed E-state index contributed by atoms with van der Waals surface area (Å²) < 4.78 is 9.79. The van der Waals surface area contributed by atoms with Gasteiger partial charge >= 0.3 is 0 Å². The Morgan fingerprint density at radius 2 is 1.91 bits per heavy atom. The lowest BCUT2D eigenvalue weighted by Crippen LogP contribution is -2.52. The highest BCUT2D eigenvalue weighted by Gasteiger charge is 2.37. The Balaban J connectivity index is 2.11. The Labute approximate surface area is 204 Å². The molecule has 0 bridgehead atoms. The van der Waals surface area contributed by atoms with Crippen LogP contribution in [0.4, 0.5) is 11.4 Å². The van der Waals surface area contributed by atoms with E-state index in [9.17, 15) is 14.4 Å². The molecule has 1 aromatic heterocycles. The Bertz CT molecular complexity index is 1030. The van der Waals surface area contributed by atoms with E-state index in [1.807, 2.05) is 20.8 Å². The molecule has 1 saturated carbocycles. The van der Waals surface area contributed by atoms with Crippen LogP contribution in [0.2, 0.25) is 0 Å². The number of carbonyl (C=O) groups excluding carboxylic acids is 3. The van der Waals surface area contributed by atoms with Crippen molar-refractivity contribution in [1.82, 2.24) is 9.69 Å². The van der Waals surface area contributed by atoms with E-state index in [4.69, 9.17) is 16.2 Å². The summed E-state index contributed by atoms with van der Waals surface area (Å²) in [6.45, 7) is 6.23. The first kappa shape index (κ1) is 25.5. The molecular formula is C24H33N5O4S. The predicted octanol–water partition coefficient (Wildman–Crippen LogP) is 3.34. The van der Waals surface area contributed by atoms with Gasteiger partial charge in [-0.2, -0.15) is 4.37 Å². The molecule has 0 aliphatic heterocycles. The van der Waals surface area contributed by atoms with Crippen LogP contribution < -0.4 is 26.4 Å². The molecule has 0 spiro atoms. The van der Waals surface area contributed by atoms with Gasteiger partial charge in [-0.05, 0) is 55.8 Å². The summed E-state index contributed by atoms with van der Waals surface area (Å²) in [5.41, 5.74) is 11.7. The van der Waals surface area contributed by atoms with E-state index in [-0.39, 0.29) is 34.1 Å². The number of ether oxygens (including phenoxy) is 1. The van der Waals surface area contributed by atoms with Crippen molar-refractivity contribution in [2.24, 2.45) is 11.7 Å². The number of hydrogen-bond donors (Lipinski definition) is 3. The van der Waals surface area contributed by atoms with E-state index in [0.717, 1.165) is 37.2 Å². The van der Waals surface area contributed by atoms with Gasteiger partial charge in [0.2, 0.25) is 5.91 Å². The molecule has 1 atom stereocenters. The molecule has 184 valence electrons. The maximum atomic E-state index is 14.0. The first-order chi connectivity index (χ1) is 16.2. The Kier molecular flexibility index (Phi) is 8.49. The zero-order valence-corrected chi connectivity index (χ0v) is 20.7. The summed E-state index contributed by atoms with van der Waals surface area (Å²) in [5.74, 6) is -0.972. The van der Waals surface area contributed by atoms with Crippen LogP contribution >= 0.6 is 11.5 Å². The molecule has 1 aliphatic carbocycles. The van der Waals surface area contributed by atoms with Gasteiger partial charge in [-0.3, -0.25) is 19.3 Å². The molecule has 1 aliphatic rings. The minimum Gasteiger partial charge on any atom is -0.492 e. The van der Waals surface area contributed by atoms with E-state index in [1.165, 1.54) is 4.90 Å². The van der Waals surface area contributed by atoms with Crippen molar-refractivity contribution in [3.63, 3.8) is 0 Å². The molecule has 34 heavy (non-hydrogen) atoms. The standard InChI is InChI=1S/C24H33N5O4S/c1-4-33-18-12-8-7-11-16(18)29(24(32)21-19(25)20(22(26)30)28-34-21)17(13-14(2)3)23(31)27-15-9-5-6-10-15/h7-8,11-12,14-15,17H,4-6,9-10,13,25H2,1-3H3,(H2,26,30)(H,27,31)/t17-/m0/s1. The molecule has 1 fully saturated rings. The number of carbonyl (C=O) groups is 3. The van der Waals surface area contributed by atoms with Gasteiger partial charge in [0.1, 0.15) is 16.7 Å². The molecular weight excluding hydrogens is 454 g/mol. The molecule has 3 amide bonds. The molecule has 2 aromatic rings. The molecule has 0 radical (unpaired) electrons. The zero-order chi connectivity index (χ0) is 24.8. The van der Waals surface area contributed by atoms with Crippen molar-refractivity contribution in [1.29, 1.82) is 0 Å². The second kappa shape index (κ2) is 11.3. The van der Waals surface area contributed by atoms with Crippen LogP contribution in [0.3, 0.4) is 0 Å². The lowest BCUT2D eigenvalue weighted by molar-refractivity contribution is -0.123. The van der Waals surface area contributed by atoms with Gasteiger partial charge in [0.05, 0.1) is 18.0 Å². The van der Waals surface area contributed by atoms with Crippen molar-refractivity contribution >= 4 is 40.6 Å². The van der Waals surface area contributed by atoms with Gasteiger partial charge in [0.25, 0.3) is 11.8 Å². The average molecular weight is 488 g/mol. The monoisotopic (exact) mass is 487 g/mol. The maximum absolute atomic E-state index is 14.0. The van der Waals surface area contributed by atoms with Gasteiger partial charge < -0.3 is 21.5 Å². The van der Waals surface area contributed by atoms with Crippen molar-refractivity contribution in [3.05, 3.63) is 34.8 Å². The molecule has 1 heterocycles. The number of benzene rings is 1. The summed E-state index contributed by atoms with van der Waals surface area (Å²) in [6.07, 6.45) is 4.42. The fraction of sp³-hybridized carbons (Fsp3) is 0.500. The summed E-state index contributed by atoms with van der Waals surface area (Å²) in [4.78, 5) is 40.7. The maximum Gasteiger partial charge on any atom is 0.272 e. The second-order valence-electron chi connectivity index (χ2n) is 8.85. The van der Waals surface area contributed by atoms with Gasteiger partial charge in [-0.15, -0.1) is 0 Å². The van der Waals surface area contributed by atoms with Gasteiger partial charge in [-0.1, -0.05) is 38.8 Å². The van der Waals surface area contributed by atoms with Crippen LogP contribution in [-0.2, 0) is 4.79 Å². The van der Waals surface area contributed by atoms with Crippen molar-refractivity contribution in [3.8, 4) is 5.75 Å². The van der Waals surface area contributed by atoms with E-state index in [1.54, 1.807) is 24.3 Å². The van der Waals surface area contributed by atoms with Crippen molar-refractivity contribution < 1.29 is 19.1 Å². The SMILES string of the molecule is CCOc1ccccc1N(C(=O)c1snc(C(N)=O)c1N)[C@@H](CC(C)C)C(=O)NC1CCCC1. The van der Waals surface area contributed by atoms with Gasteiger partial charge in [-0.25, -0.2) is 0 Å². The quantitative estimate of drug-likeness (QED) is 0.469. The van der Waals surface area contributed by atoms with Crippen LogP contribution in [0.15, 0.2) is 24.3 Å². The zero-order valence-electron chi connectivity index (χ0n) is 19.9. The minimum absolute atomic E-state index is 0.0579. The van der Waals surface area contributed by atoms with Crippen molar-refractivity contribution in [2.45, 2.75) is 65.0 Å². The number of primary amides is 1. The number of para-hydroxylation sites is 2. The number of rotatable bonds is 10. The van der Waals surface area contributed by atoms with Crippen LogP contribution in [-0.4, -0.2) is 40.8 Å². The van der Waals surface area contributed by atoms with Crippen LogP contribution in [0.25, 0.3) is 0 Å². The van der Waals surface area contributed by atoms with Gasteiger partial charge in [0.15, 0.2) is 5.69 Å². The third-order valence-corrected chi connectivity index (χ3v) is 6.66. The average Bonchev–Trinajstić information content (AvgIpc) is 3.43. The lowest BCUT2D eigenvalue weighted by Gasteiger charge is -2.33. The van der Waals surface area contributed by atoms with E-state index in [0.29, 0.717) is 24.5 Å². The third-order valence-electron chi connectivity index (χ3n) is 5.81. The summed E-state index contributed by atoms with van der Waals surface area (Å²) >= 11 is 0.796. The molecule has 10 heteroatoms. The topological polar surface area (TPSA) is 141 Å². The van der Waals surface area contributed by atoms with Crippen LogP contribution in [0.1, 0.15) is 73.0 Å². The molecule has 1 aromatic carbocycles. The number of anilines is 2. The number of nitrogen functional groups attached to an aromatic ring is 1. The summed E-state index contributed by atoms with van der Waals surface area (Å²) in [5, 5.41) is 3.14. The lowest BCUT2D eigenvalue weighted by atomic mass is 9.99. The predicted molar refractivity (Wildman–Crippen MR) is 133 cm³/mol. The highest BCUT2D eigenvalue weighted by Crippen LogP contribution is 2.35. The number of nitrogens with zero attached hydrogens (tertiary/aromatic N) is 2. The van der Waals surface area contributed by atoms with E-state index in [2.05, 4.69) is 9.69 Å². The second-order valence-corrected chi connectivity index (χ2v) is 9.62. The Hall–Kier alpha value is -3.14. The normalized spacial score (nSPS) is 14.7. The number of aromatic nitrogens is 1. The molecule has 0 unspecified atom stereocenters. The van der Waals surface area contributed by atoms with E-state index < -0.39 is 17.9 Å². The highest BCUT2D eigenvalue weighted by molar-refractivity contribution is 7.09. The highest BCUT2D eigenvalue weighted by atomic mass is 32.1. The third kappa shape index (κ3) is 5.67. The fourth-order valence-electron chi connectivity index (χ4n) is 4.23. The molecule has 0 saturated heterocycles. The molecule has 5 N–H and O–H groups in total. The Morgan fingerprint density at radius 1 is 1.24 bits per heavy atom. The molecule has 9 nitrogen and oxygen atoms in total. The Morgan fingerprint density at radius 3 is 2.50 bits per heavy atom. The minimum atomic E-state index is -0.813. The van der Waals surface area contributed by atoms with E-state index >= 15 is 0 Å². The fourth-order valence-corrected chi connectivity index (χ4v) is 4.98. The van der Waals surface area contributed by atoms with Crippen molar-refractivity contribution in [2.75, 3.05) is 17.2 Å². The van der Waals surface area contributed by atoms with Gasteiger partial charge in [0, 0.05) is 6.04 Å². The van der Waals surface area contributed by atoms with Crippen LogP contribution in [0, 0.1) is 5.92 Å². The van der Waals surface area contributed by atoms with Crippen LogP contribution in [0.5, 0.6) is 5.75 Å². The smallest absolute Gasteiger partial charge is 0.272 e. The summed E-state index contributed by atoms with van der Waals surface area (Å²) in [7, 11) is 0. The largest absolute Gasteiger partial charge is 0.492 e. The number of nitrogens with two attached hydrogens (primary N) is 2. The first-order valence-electron chi connectivity index (χ1n) is 11.6. The first-order valence-corrected chi connectivity index (χ1v) is 12.4. The number of nitrogens with one attached hydrogen (secondary N) is 1. The molecule has 3 rings (SSSR count). The summed E-state index contributed by atoms with van der Waals surface area (Å²) in [6, 6.07) is 6.37.